The monoisotopic (exact) mass is 1590 g/mol. The van der Waals surface area contributed by atoms with Crippen LogP contribution in [0.2, 0.25) is 15.1 Å². The number of carbonyl (C=O) groups is 2. The second-order valence-electron chi connectivity index (χ2n) is 27.9. The fourth-order valence-corrected chi connectivity index (χ4v) is 18.4. The van der Waals surface area contributed by atoms with Crippen LogP contribution >= 0.6 is 34.8 Å². The molecule has 0 atom stereocenters. The van der Waals surface area contributed by atoms with Gasteiger partial charge in [0.15, 0.2) is 0 Å². The van der Waals surface area contributed by atoms with Crippen LogP contribution in [0.25, 0.3) is 54.5 Å². The number of benzene rings is 5. The quantitative estimate of drug-likeness (QED) is 0.0916. The third kappa shape index (κ3) is 18.9. The summed E-state index contributed by atoms with van der Waals surface area (Å²) in [6, 6.07) is 19.5. The van der Waals surface area contributed by atoms with E-state index in [4.69, 9.17) is 34.8 Å². The van der Waals surface area contributed by atoms with Crippen molar-refractivity contribution in [1.82, 2.24) is 47.6 Å². The molecule has 0 aliphatic carbocycles. The Labute approximate surface area is 624 Å². The number of nitrogens with one attached hydrogen (secondary N) is 5. The van der Waals surface area contributed by atoms with Crippen molar-refractivity contribution in [3.63, 3.8) is 0 Å². The number of alkyl halides is 6. The molecule has 5 saturated heterocycles. The number of aromatic amines is 5. The van der Waals surface area contributed by atoms with E-state index >= 15 is 0 Å². The predicted molar refractivity (Wildman–Crippen MR) is 400 cm³/mol. The number of rotatable bonds is 8. The zero-order chi connectivity index (χ0) is 76.5. The van der Waals surface area contributed by atoms with Gasteiger partial charge in [-0.2, -0.15) is 26.3 Å². The summed E-state index contributed by atoms with van der Waals surface area (Å²) in [6.45, 7) is 9.00. The van der Waals surface area contributed by atoms with Gasteiger partial charge in [0.1, 0.15) is 11.6 Å². The van der Waals surface area contributed by atoms with Crippen molar-refractivity contribution >= 4 is 131 Å². The van der Waals surface area contributed by atoms with Crippen molar-refractivity contribution in [1.29, 1.82) is 0 Å². The van der Waals surface area contributed by atoms with Crippen LogP contribution in [0.5, 0.6) is 0 Å². The van der Waals surface area contributed by atoms with Gasteiger partial charge < -0.3 is 34.7 Å². The number of nitrogens with zero attached hydrogens (tertiary/aromatic N) is 5. The Bertz CT molecular complexity index is 5180. The molecule has 0 radical (unpaired) electrons. The number of carbonyl (C=O) groups excluding carboxylic acids is 2. The molecule has 10 heterocycles. The molecule has 0 saturated carbocycles. The first-order valence-corrected chi connectivity index (χ1v) is 41.5. The lowest BCUT2D eigenvalue weighted by Crippen LogP contribution is -2.37. The zero-order valence-corrected chi connectivity index (χ0v) is 63.5. The summed E-state index contributed by atoms with van der Waals surface area (Å²) >= 11 is 17.6. The molecule has 572 valence electrons. The van der Waals surface area contributed by atoms with E-state index in [0.29, 0.717) is 93.3 Å². The maximum Gasteiger partial charge on any atom is 0.416 e. The Morgan fingerprint density at radius 3 is 0.915 bits per heavy atom. The number of likely N-dealkylation sites (tertiary alicyclic amines) is 2. The summed E-state index contributed by atoms with van der Waals surface area (Å²) in [4.78, 5) is 41.9. The SMILES string of the molecule is CC(=O)N1CCC(c2c[nH]c3cc(Cl)c(F)cc23)CC1.CC(=O)N1CCC(c2c[nH]c3ccc(C(F)(F)F)cc23)CC1.CS(=O)(=O)N1CCC(c2c[nH]c3cc(Cl)c(F)cc23)CC1.CS(=O)(=O)N1CCC(c2c[nH]c3cc(Cl)ccc23)CC1.CS(=O)(=O)N1CCC(c2c[nH]c3ccc(C(F)(F)F)cc23)CC1. The molecule has 10 aromatic rings. The fourth-order valence-electron chi connectivity index (χ4n) is 15.2. The van der Waals surface area contributed by atoms with E-state index in [1.54, 1.807) is 47.6 Å². The summed E-state index contributed by atoms with van der Waals surface area (Å²) in [5.74, 6) is 0.606. The topological polar surface area (TPSA) is 232 Å². The number of hydrogen-bond donors (Lipinski definition) is 5. The van der Waals surface area contributed by atoms with Crippen LogP contribution in [0.1, 0.15) is 147 Å². The average molecular weight is 1600 g/mol. The van der Waals surface area contributed by atoms with Crippen LogP contribution < -0.4 is 0 Å². The molecule has 5 fully saturated rings. The third-order valence-electron chi connectivity index (χ3n) is 21.1. The highest BCUT2D eigenvalue weighted by Gasteiger charge is 2.35. The van der Waals surface area contributed by atoms with Crippen LogP contribution in [0.3, 0.4) is 0 Å². The van der Waals surface area contributed by atoms with E-state index < -0.39 is 59.4 Å². The van der Waals surface area contributed by atoms with E-state index in [1.165, 1.54) is 74.7 Å². The standard InChI is InChI=1S/C16H17F3N2O.C15H16ClFN2O.C15H17F3N2O2S.C14H16ClFN2O2S.C14H17ClN2O2S/c1-10(22)21-6-4-11(5-7-21)14-9-20-15-3-2-12(8-13(14)15)16(17,18)19;1-9(20)19-4-2-10(3-5-19)12-8-18-15-7-13(16)14(17)6-11(12)15;1-23(21,22)20-6-4-10(5-7-20)13-9-19-14-3-2-11(8-12(13)14)15(16,17)18;1-21(19,20)18-4-2-9(3-5-18)11-8-17-14-7-12(15)13(16)6-10(11)14;1-20(18,19)17-6-4-10(5-7-17)13-9-16-14-8-11(15)2-3-12(13)14/h2-3,8-9,11,20H,4-7H2,1H3;6-8,10,18H,2-5H2,1H3;2-3,8-10,19H,4-7H2,1H3;6-9,17H,2-5H2,1H3;2-3,8-10,16H,4-7H2,1H3. The van der Waals surface area contributed by atoms with Gasteiger partial charge in [-0.05, 0) is 194 Å². The number of hydrogen-bond acceptors (Lipinski definition) is 8. The zero-order valence-electron chi connectivity index (χ0n) is 58.8. The van der Waals surface area contributed by atoms with E-state index in [2.05, 4.69) is 24.9 Å². The summed E-state index contributed by atoms with van der Waals surface area (Å²) in [6.07, 6.45) is 12.2. The van der Waals surface area contributed by atoms with E-state index in [9.17, 15) is 70.0 Å². The lowest BCUT2D eigenvalue weighted by Gasteiger charge is -2.31. The Kier molecular flexibility index (Phi) is 24.5. The van der Waals surface area contributed by atoms with Gasteiger partial charge in [0.2, 0.25) is 41.9 Å². The summed E-state index contributed by atoms with van der Waals surface area (Å²) in [5, 5.41) is 5.07. The average Bonchev–Trinajstić information content (AvgIpc) is 1.64. The minimum atomic E-state index is -4.37. The lowest BCUT2D eigenvalue weighted by atomic mass is 9.89. The van der Waals surface area contributed by atoms with Gasteiger partial charge in [-0.3, -0.25) is 9.59 Å². The van der Waals surface area contributed by atoms with Crippen LogP contribution in [0.4, 0.5) is 35.1 Å². The summed E-state index contributed by atoms with van der Waals surface area (Å²) in [7, 11) is -9.39. The van der Waals surface area contributed by atoms with Crippen molar-refractivity contribution < 1.29 is 70.0 Å². The van der Waals surface area contributed by atoms with Gasteiger partial charge in [0, 0.05) is 170 Å². The Hall–Kier alpha value is -7.22. The van der Waals surface area contributed by atoms with Gasteiger partial charge in [-0.25, -0.2) is 46.9 Å². The lowest BCUT2D eigenvalue weighted by molar-refractivity contribution is -0.138. The number of H-pyrrole nitrogens is 5. The number of fused-ring (bicyclic) bond motifs is 5. The number of piperidine rings is 5. The molecule has 15 rings (SSSR count). The number of amides is 2. The number of aromatic nitrogens is 5. The highest BCUT2D eigenvalue weighted by molar-refractivity contribution is 7.88. The second kappa shape index (κ2) is 32.5. The molecular formula is C74H83Cl3F8N10O8S3. The fraction of sp³-hybridized carbons (Fsp3) is 0.432. The molecule has 5 aliphatic heterocycles. The first-order chi connectivity index (χ1) is 49.9. The molecule has 106 heavy (non-hydrogen) atoms. The molecule has 5 aliphatic rings. The van der Waals surface area contributed by atoms with Crippen LogP contribution in [-0.4, -0.2) is 169 Å². The molecule has 0 bridgehead atoms. The Morgan fingerprint density at radius 1 is 0.368 bits per heavy atom. The van der Waals surface area contributed by atoms with E-state index in [1.807, 2.05) is 41.7 Å². The minimum absolute atomic E-state index is 0.0525. The van der Waals surface area contributed by atoms with Gasteiger partial charge in [-0.1, -0.05) is 40.9 Å². The summed E-state index contributed by atoms with van der Waals surface area (Å²) in [5.41, 5.74) is 7.98. The molecule has 0 spiro atoms. The Balaban J connectivity index is 0.000000132. The largest absolute Gasteiger partial charge is 0.416 e. The molecular weight excluding hydrogens is 1510 g/mol. The first kappa shape index (κ1) is 79.8. The number of sulfonamides is 3. The van der Waals surface area contributed by atoms with E-state index in [0.717, 1.165) is 137 Å². The maximum absolute atomic E-state index is 13.7. The normalized spacial score (nSPS) is 18.0. The minimum Gasteiger partial charge on any atom is -0.361 e. The highest BCUT2D eigenvalue weighted by atomic mass is 35.5. The van der Waals surface area contributed by atoms with Crippen LogP contribution in [0, 0.1) is 11.6 Å². The van der Waals surface area contributed by atoms with Crippen molar-refractivity contribution in [2.75, 3.05) is 84.2 Å². The van der Waals surface area contributed by atoms with Gasteiger partial charge in [0.25, 0.3) is 0 Å². The van der Waals surface area contributed by atoms with E-state index in [-0.39, 0.29) is 45.4 Å². The van der Waals surface area contributed by atoms with Crippen molar-refractivity contribution in [3.8, 4) is 0 Å². The molecule has 2 amide bonds. The predicted octanol–water partition coefficient (Wildman–Crippen LogP) is 17.0. The molecule has 32 heteroatoms. The van der Waals surface area contributed by atoms with Gasteiger partial charge in [-0.15, -0.1) is 0 Å². The second-order valence-corrected chi connectivity index (χ2v) is 35.1. The third-order valence-corrected chi connectivity index (χ3v) is 25.8. The van der Waals surface area contributed by atoms with Crippen molar-refractivity contribution in [3.05, 3.63) is 175 Å². The molecule has 5 aromatic heterocycles. The smallest absolute Gasteiger partial charge is 0.361 e. The van der Waals surface area contributed by atoms with Crippen LogP contribution in [-0.2, 0) is 52.0 Å². The first-order valence-electron chi connectivity index (χ1n) is 34.8. The highest BCUT2D eigenvalue weighted by Crippen LogP contribution is 2.42. The van der Waals surface area contributed by atoms with Crippen molar-refractivity contribution in [2.24, 2.45) is 0 Å². The summed E-state index contributed by atoms with van der Waals surface area (Å²) < 4.78 is 178. The van der Waals surface area contributed by atoms with Crippen molar-refractivity contribution in [2.45, 2.75) is 120 Å². The van der Waals surface area contributed by atoms with Gasteiger partial charge in [0.05, 0.1) is 39.9 Å². The van der Waals surface area contributed by atoms with Crippen LogP contribution in [0.15, 0.2) is 110 Å². The number of halogens is 11. The molecule has 0 unspecified atom stereocenters. The van der Waals surface area contributed by atoms with Gasteiger partial charge >= 0.3 is 12.4 Å². The molecule has 5 N–H and O–H groups in total. The molecule has 5 aromatic carbocycles. The molecule has 18 nitrogen and oxygen atoms in total. The Morgan fingerprint density at radius 2 is 0.632 bits per heavy atom. The maximum atomic E-state index is 13.7.